The van der Waals surface area contributed by atoms with Gasteiger partial charge in [-0.25, -0.2) is 0 Å². The first-order chi connectivity index (χ1) is 23.0. The van der Waals surface area contributed by atoms with Crippen molar-refractivity contribution in [3.8, 4) is 22.6 Å². The zero-order chi connectivity index (χ0) is 34.8. The van der Waals surface area contributed by atoms with Crippen LogP contribution in [0.5, 0.6) is 11.5 Å². The number of halogens is 2. The Labute approximate surface area is 286 Å². The lowest BCUT2D eigenvalue weighted by Crippen LogP contribution is -2.31. The van der Waals surface area contributed by atoms with E-state index in [-0.39, 0.29) is 21.4 Å². The third-order valence-corrected chi connectivity index (χ3v) is 7.34. The number of azo groups is 2. The van der Waals surface area contributed by atoms with E-state index in [0.717, 1.165) is 0 Å². The minimum Gasteiger partial charge on any atom is -0.497 e. The molecule has 48 heavy (non-hydrogen) atoms. The lowest BCUT2D eigenvalue weighted by atomic mass is 10.0. The molecular weight excluding hydrogens is 659 g/mol. The zero-order valence-electron chi connectivity index (χ0n) is 26.2. The highest BCUT2D eigenvalue weighted by Crippen LogP contribution is 2.35. The van der Waals surface area contributed by atoms with Gasteiger partial charge in [-0.15, -0.1) is 0 Å². The molecular formula is C34H30Cl2N6O6. The van der Waals surface area contributed by atoms with Crippen molar-refractivity contribution in [3.05, 3.63) is 95.0 Å². The molecule has 12 nitrogen and oxygen atoms in total. The molecule has 14 heteroatoms. The van der Waals surface area contributed by atoms with Crippen LogP contribution < -0.4 is 20.1 Å². The quantitative estimate of drug-likeness (QED) is 0.107. The van der Waals surface area contributed by atoms with Gasteiger partial charge in [-0.05, 0) is 73.5 Å². The van der Waals surface area contributed by atoms with Gasteiger partial charge in [0, 0.05) is 23.5 Å². The molecule has 2 amide bonds. The lowest BCUT2D eigenvalue weighted by Gasteiger charge is -2.11. The molecule has 4 aromatic rings. The number of ketones is 2. The Hall–Kier alpha value is -5.46. The van der Waals surface area contributed by atoms with Gasteiger partial charge >= 0.3 is 0 Å². The van der Waals surface area contributed by atoms with Crippen LogP contribution in [0.25, 0.3) is 11.1 Å². The van der Waals surface area contributed by atoms with Gasteiger partial charge in [0.1, 0.15) is 22.9 Å². The minimum absolute atomic E-state index is 0.206. The summed E-state index contributed by atoms with van der Waals surface area (Å²) in [6.07, 6.45) is 0. The third-order valence-electron chi connectivity index (χ3n) is 6.73. The normalized spacial score (nSPS) is 12.4. The van der Waals surface area contributed by atoms with Crippen LogP contribution in [-0.2, 0) is 19.2 Å². The number of carbonyl (C=O) groups excluding carboxylic acids is 4. The summed E-state index contributed by atoms with van der Waals surface area (Å²) >= 11 is 13.0. The zero-order valence-corrected chi connectivity index (χ0v) is 27.7. The first-order valence-corrected chi connectivity index (χ1v) is 15.1. The number of benzene rings is 4. The highest BCUT2D eigenvalue weighted by molar-refractivity contribution is 6.34. The molecule has 2 atom stereocenters. The summed E-state index contributed by atoms with van der Waals surface area (Å²) in [5.74, 6) is -1.27. The second-order valence-electron chi connectivity index (χ2n) is 10.2. The maximum Gasteiger partial charge on any atom is 0.258 e. The van der Waals surface area contributed by atoms with Gasteiger partial charge in [0.25, 0.3) is 11.8 Å². The number of ether oxygens (including phenoxy) is 2. The molecule has 246 valence electrons. The van der Waals surface area contributed by atoms with Gasteiger partial charge in [-0.2, -0.15) is 20.5 Å². The van der Waals surface area contributed by atoms with Gasteiger partial charge in [0.05, 0.1) is 24.3 Å². The fourth-order valence-corrected chi connectivity index (χ4v) is 4.67. The number of hydrogen-bond donors (Lipinski definition) is 2. The number of methoxy groups -OCH3 is 2. The van der Waals surface area contributed by atoms with Gasteiger partial charge in [-0.3, -0.25) is 19.2 Å². The summed E-state index contributed by atoms with van der Waals surface area (Å²) in [5.41, 5.74) is 2.68. The number of nitrogens with zero attached hydrogens (tertiary/aromatic N) is 4. The van der Waals surface area contributed by atoms with E-state index in [4.69, 9.17) is 32.7 Å². The van der Waals surface area contributed by atoms with Crippen molar-refractivity contribution in [2.75, 3.05) is 24.9 Å². The largest absolute Gasteiger partial charge is 0.497 e. The summed E-state index contributed by atoms with van der Waals surface area (Å²) in [6, 6.07) is 20.4. The molecule has 0 fully saturated rings. The number of amides is 2. The van der Waals surface area contributed by atoms with Crippen LogP contribution in [0.3, 0.4) is 0 Å². The Morgan fingerprint density at radius 3 is 1.33 bits per heavy atom. The van der Waals surface area contributed by atoms with Crippen LogP contribution in [0.4, 0.5) is 22.7 Å². The average molecular weight is 690 g/mol. The molecule has 0 aromatic heterocycles. The summed E-state index contributed by atoms with van der Waals surface area (Å²) in [4.78, 5) is 50.0. The molecule has 0 aliphatic rings. The number of Topliss-reactive ketones (excluding diaryl/α,β-unsaturated/α-hetero) is 2. The van der Waals surface area contributed by atoms with E-state index in [1.54, 1.807) is 84.9 Å². The summed E-state index contributed by atoms with van der Waals surface area (Å²) in [7, 11) is 3.00. The van der Waals surface area contributed by atoms with Crippen LogP contribution in [0, 0.1) is 0 Å². The minimum atomic E-state index is -1.40. The molecule has 0 spiro atoms. The predicted octanol–water partition coefficient (Wildman–Crippen LogP) is 8.04. The van der Waals surface area contributed by atoms with Crippen molar-refractivity contribution in [2.45, 2.75) is 25.9 Å². The first kappa shape index (κ1) is 35.4. The van der Waals surface area contributed by atoms with Crippen LogP contribution in [0.1, 0.15) is 13.8 Å². The molecule has 4 rings (SSSR count). The van der Waals surface area contributed by atoms with E-state index in [9.17, 15) is 19.2 Å². The van der Waals surface area contributed by atoms with Crippen molar-refractivity contribution in [1.82, 2.24) is 0 Å². The number of hydrogen-bond acceptors (Lipinski definition) is 10. The Bertz CT molecular complexity index is 1780. The van der Waals surface area contributed by atoms with Crippen LogP contribution in [-0.4, -0.2) is 49.7 Å². The predicted molar refractivity (Wildman–Crippen MR) is 183 cm³/mol. The molecule has 0 saturated carbocycles. The van der Waals surface area contributed by atoms with Gasteiger partial charge in [0.15, 0.2) is 11.6 Å². The van der Waals surface area contributed by atoms with Crippen LogP contribution in [0.2, 0.25) is 10.0 Å². The van der Waals surface area contributed by atoms with Crippen molar-refractivity contribution in [2.24, 2.45) is 20.5 Å². The van der Waals surface area contributed by atoms with Gasteiger partial charge in [-0.1, -0.05) is 47.5 Å². The second-order valence-corrected chi connectivity index (χ2v) is 11.0. The molecule has 2 unspecified atom stereocenters. The highest BCUT2D eigenvalue weighted by Gasteiger charge is 2.25. The Balaban J connectivity index is 1.46. The molecule has 4 aromatic carbocycles. The van der Waals surface area contributed by atoms with Crippen LogP contribution >= 0.6 is 23.2 Å². The number of nitrogens with one attached hydrogen (secondary N) is 2. The molecule has 0 aliphatic heterocycles. The van der Waals surface area contributed by atoms with Crippen molar-refractivity contribution in [1.29, 1.82) is 0 Å². The summed E-state index contributed by atoms with van der Waals surface area (Å²) in [5, 5.41) is 21.7. The van der Waals surface area contributed by atoms with Crippen molar-refractivity contribution >= 4 is 69.3 Å². The topological polar surface area (TPSA) is 160 Å². The van der Waals surface area contributed by atoms with Crippen molar-refractivity contribution < 1.29 is 28.7 Å². The molecule has 0 bridgehead atoms. The van der Waals surface area contributed by atoms with Crippen molar-refractivity contribution in [3.63, 3.8) is 0 Å². The molecule has 2 N–H and O–H groups in total. The van der Waals surface area contributed by atoms with E-state index in [1.165, 1.54) is 28.1 Å². The SMILES string of the molecule is COc1cccc(NC(=O)C(N=Nc2ccc(-c3ccc(N=NC(C(C)=O)C(=O)Nc4cccc(OC)c4)c(Cl)c3)cc2Cl)C(C)=O)c1. The maximum atomic E-state index is 12.8. The Kier molecular flexibility index (Phi) is 12.1. The number of rotatable bonds is 13. The molecule has 0 saturated heterocycles. The maximum absolute atomic E-state index is 12.8. The fourth-order valence-electron chi connectivity index (χ4n) is 4.23. The molecule has 0 heterocycles. The second kappa shape index (κ2) is 16.4. The van der Waals surface area contributed by atoms with E-state index >= 15 is 0 Å². The highest BCUT2D eigenvalue weighted by atomic mass is 35.5. The fraction of sp³-hybridized carbons (Fsp3) is 0.176. The standard InChI is InChI=1S/C34H30Cl2N6O6/c1-19(43)31(33(45)37-23-7-5-9-25(17-23)47-3)41-39-29-13-11-21(15-27(29)35)22-12-14-30(28(36)16-22)40-42-32(20(2)44)34(46)38-24-8-6-10-26(18-24)48-4/h5-18,31-32H,1-4H3,(H,37,45)(H,38,46). The Morgan fingerprint density at radius 2 is 1.00 bits per heavy atom. The average Bonchev–Trinajstić information content (AvgIpc) is 3.06. The number of anilines is 2. The first-order valence-electron chi connectivity index (χ1n) is 14.3. The van der Waals surface area contributed by atoms with Crippen LogP contribution in [0.15, 0.2) is 105 Å². The molecule has 0 aliphatic carbocycles. The summed E-state index contributed by atoms with van der Waals surface area (Å²) in [6.45, 7) is 2.48. The smallest absolute Gasteiger partial charge is 0.258 e. The third kappa shape index (κ3) is 9.30. The Morgan fingerprint density at radius 1 is 0.604 bits per heavy atom. The van der Waals surface area contributed by atoms with E-state index < -0.39 is 35.5 Å². The lowest BCUT2D eigenvalue weighted by molar-refractivity contribution is -0.127. The van der Waals surface area contributed by atoms with E-state index in [2.05, 4.69) is 31.1 Å². The van der Waals surface area contributed by atoms with Gasteiger partial charge < -0.3 is 20.1 Å². The summed E-state index contributed by atoms with van der Waals surface area (Å²) < 4.78 is 10.3. The van der Waals surface area contributed by atoms with E-state index in [0.29, 0.717) is 34.0 Å². The van der Waals surface area contributed by atoms with Gasteiger partial charge in [0.2, 0.25) is 12.1 Å². The number of carbonyl (C=O) groups is 4. The molecule has 0 radical (unpaired) electrons. The monoisotopic (exact) mass is 688 g/mol. The van der Waals surface area contributed by atoms with E-state index in [1.807, 2.05) is 0 Å².